The number of aromatic nitrogens is 3. The number of carbonyl (C=O) groups is 1. The Kier molecular flexibility index (Phi) is 1.25. The van der Waals surface area contributed by atoms with Gasteiger partial charge in [-0.1, -0.05) is 0 Å². The molecule has 2 aromatic rings. The predicted octanol–water partition coefficient (Wildman–Crippen LogP) is 0.672. The Morgan fingerprint density at radius 3 is 3.14 bits per heavy atom. The summed E-state index contributed by atoms with van der Waals surface area (Å²) in [6.07, 6.45) is 6.46. The molecule has 68 valence electrons. The van der Waals surface area contributed by atoms with E-state index in [-0.39, 0.29) is 5.91 Å². The summed E-state index contributed by atoms with van der Waals surface area (Å²) in [6, 6.07) is 0. The van der Waals surface area contributed by atoms with Crippen molar-refractivity contribution in [1.82, 2.24) is 20.3 Å². The van der Waals surface area contributed by atoms with Crippen LogP contribution in [0.25, 0.3) is 17.1 Å². The lowest BCUT2D eigenvalue weighted by molar-refractivity contribution is 0.0972. The van der Waals surface area contributed by atoms with Crippen molar-refractivity contribution in [1.29, 1.82) is 0 Å². The van der Waals surface area contributed by atoms with Crippen LogP contribution >= 0.6 is 0 Å². The van der Waals surface area contributed by atoms with E-state index in [0.29, 0.717) is 11.2 Å². The molecule has 0 aromatic carbocycles. The first-order valence-corrected chi connectivity index (χ1v) is 4.16. The molecule has 1 aliphatic rings. The summed E-state index contributed by atoms with van der Waals surface area (Å²) < 4.78 is 0. The smallest absolute Gasteiger partial charge is 0.257 e. The SMILES string of the molecule is O=C1NC=Cc2ncnc3[nH]cc1c23. The van der Waals surface area contributed by atoms with E-state index in [2.05, 4.69) is 20.3 Å². The minimum Gasteiger partial charge on any atom is -0.345 e. The van der Waals surface area contributed by atoms with Crippen molar-refractivity contribution >= 4 is 23.0 Å². The molecule has 0 radical (unpaired) electrons. The fourth-order valence-electron chi connectivity index (χ4n) is 1.57. The molecule has 5 heteroatoms. The summed E-state index contributed by atoms with van der Waals surface area (Å²) in [4.78, 5) is 22.6. The molecule has 0 spiro atoms. The molecular formula is C9H6N4O. The van der Waals surface area contributed by atoms with Gasteiger partial charge >= 0.3 is 0 Å². The number of H-pyrrole nitrogens is 1. The van der Waals surface area contributed by atoms with Crippen molar-refractivity contribution < 1.29 is 4.79 Å². The van der Waals surface area contributed by atoms with Crippen molar-refractivity contribution in [3.8, 4) is 0 Å². The summed E-state index contributed by atoms with van der Waals surface area (Å²) >= 11 is 0. The van der Waals surface area contributed by atoms with Gasteiger partial charge < -0.3 is 10.3 Å². The zero-order valence-electron chi connectivity index (χ0n) is 7.11. The van der Waals surface area contributed by atoms with Gasteiger partial charge in [0, 0.05) is 12.4 Å². The minimum absolute atomic E-state index is 0.138. The second-order valence-corrected chi connectivity index (χ2v) is 2.99. The van der Waals surface area contributed by atoms with E-state index in [1.54, 1.807) is 18.5 Å². The van der Waals surface area contributed by atoms with Gasteiger partial charge in [-0.05, 0) is 6.08 Å². The zero-order chi connectivity index (χ0) is 9.54. The van der Waals surface area contributed by atoms with Gasteiger partial charge in [-0.3, -0.25) is 4.79 Å². The standard InChI is InChI=1S/C9H6N4O/c14-9-5-3-11-8-7(5)6(1-2-10-9)12-4-13-8/h1-4H,(H,10,14)(H,11,12,13). The highest BCUT2D eigenvalue weighted by molar-refractivity contribution is 6.09. The van der Waals surface area contributed by atoms with E-state index in [4.69, 9.17) is 0 Å². The molecule has 0 unspecified atom stereocenters. The van der Waals surface area contributed by atoms with E-state index in [0.717, 1.165) is 11.1 Å². The third-order valence-electron chi connectivity index (χ3n) is 2.20. The van der Waals surface area contributed by atoms with Crippen molar-refractivity contribution in [2.24, 2.45) is 0 Å². The van der Waals surface area contributed by atoms with Gasteiger partial charge in [0.05, 0.1) is 16.6 Å². The maximum atomic E-state index is 11.5. The minimum atomic E-state index is -0.138. The van der Waals surface area contributed by atoms with Crippen molar-refractivity contribution in [3.63, 3.8) is 0 Å². The summed E-state index contributed by atoms with van der Waals surface area (Å²) in [5.74, 6) is -0.138. The lowest BCUT2D eigenvalue weighted by atomic mass is 10.2. The summed E-state index contributed by atoms with van der Waals surface area (Å²) in [5.41, 5.74) is 2.02. The second-order valence-electron chi connectivity index (χ2n) is 2.99. The third-order valence-corrected chi connectivity index (χ3v) is 2.20. The first-order valence-electron chi connectivity index (χ1n) is 4.16. The Morgan fingerprint density at radius 2 is 2.21 bits per heavy atom. The lowest BCUT2D eigenvalue weighted by Gasteiger charge is -1.94. The third kappa shape index (κ3) is 0.806. The molecule has 0 aliphatic carbocycles. The van der Waals surface area contributed by atoms with E-state index >= 15 is 0 Å². The predicted molar refractivity (Wildman–Crippen MR) is 50.4 cm³/mol. The average molecular weight is 186 g/mol. The molecule has 1 aliphatic heterocycles. The molecule has 0 atom stereocenters. The molecule has 3 rings (SSSR count). The summed E-state index contributed by atoms with van der Waals surface area (Å²) in [5, 5.41) is 3.41. The Hall–Kier alpha value is -2.17. The van der Waals surface area contributed by atoms with Crippen molar-refractivity contribution in [3.05, 3.63) is 30.0 Å². The van der Waals surface area contributed by atoms with Gasteiger partial charge in [0.15, 0.2) is 0 Å². The van der Waals surface area contributed by atoms with Crippen LogP contribution in [0, 0.1) is 0 Å². The molecule has 2 N–H and O–H groups in total. The fourth-order valence-corrected chi connectivity index (χ4v) is 1.57. The van der Waals surface area contributed by atoms with E-state index in [9.17, 15) is 4.79 Å². The number of hydrogen-bond donors (Lipinski definition) is 2. The van der Waals surface area contributed by atoms with Crippen LogP contribution in [0.15, 0.2) is 18.7 Å². The Morgan fingerprint density at radius 1 is 1.29 bits per heavy atom. The highest BCUT2D eigenvalue weighted by atomic mass is 16.1. The molecule has 0 saturated heterocycles. The molecule has 1 amide bonds. The van der Waals surface area contributed by atoms with Crippen LogP contribution in [-0.2, 0) is 0 Å². The van der Waals surface area contributed by atoms with Gasteiger partial charge in [0.25, 0.3) is 5.91 Å². The Labute approximate surface area is 78.9 Å². The molecule has 3 heterocycles. The molecular weight excluding hydrogens is 180 g/mol. The molecule has 0 fully saturated rings. The second kappa shape index (κ2) is 2.41. The highest BCUT2D eigenvalue weighted by Gasteiger charge is 2.16. The maximum Gasteiger partial charge on any atom is 0.257 e. The Balaban J connectivity index is 2.52. The quantitative estimate of drug-likeness (QED) is 0.635. The monoisotopic (exact) mass is 186 g/mol. The summed E-state index contributed by atoms with van der Waals surface area (Å²) in [7, 11) is 0. The molecule has 5 nitrogen and oxygen atoms in total. The topological polar surface area (TPSA) is 70.7 Å². The Bertz CT molecular complexity index is 555. The van der Waals surface area contributed by atoms with E-state index in [1.807, 2.05) is 0 Å². The number of carbonyl (C=O) groups excluding carboxylic acids is 1. The number of aromatic amines is 1. The number of nitrogens with one attached hydrogen (secondary N) is 2. The van der Waals surface area contributed by atoms with Crippen molar-refractivity contribution in [2.45, 2.75) is 0 Å². The van der Waals surface area contributed by atoms with Crippen LogP contribution < -0.4 is 5.32 Å². The van der Waals surface area contributed by atoms with E-state index in [1.165, 1.54) is 6.33 Å². The van der Waals surface area contributed by atoms with Gasteiger partial charge in [-0.25, -0.2) is 9.97 Å². The molecule has 0 saturated carbocycles. The molecule has 14 heavy (non-hydrogen) atoms. The molecule has 2 aromatic heterocycles. The number of hydrogen-bond acceptors (Lipinski definition) is 3. The number of nitrogens with zero attached hydrogens (tertiary/aromatic N) is 2. The van der Waals surface area contributed by atoms with Crippen LogP contribution in [0.3, 0.4) is 0 Å². The van der Waals surface area contributed by atoms with Crippen molar-refractivity contribution in [2.75, 3.05) is 0 Å². The van der Waals surface area contributed by atoms with Gasteiger partial charge in [0.2, 0.25) is 0 Å². The van der Waals surface area contributed by atoms with Gasteiger partial charge in [-0.2, -0.15) is 0 Å². The highest BCUT2D eigenvalue weighted by Crippen LogP contribution is 2.21. The van der Waals surface area contributed by atoms with Gasteiger partial charge in [0.1, 0.15) is 12.0 Å². The fraction of sp³-hybridized carbons (Fsp3) is 0. The van der Waals surface area contributed by atoms with E-state index < -0.39 is 0 Å². The normalized spacial score (nSPS) is 14.1. The number of amides is 1. The van der Waals surface area contributed by atoms with Crippen LogP contribution in [0.1, 0.15) is 16.1 Å². The molecule has 0 bridgehead atoms. The first kappa shape index (κ1) is 7.25. The first-order chi connectivity index (χ1) is 6.86. The maximum absolute atomic E-state index is 11.5. The zero-order valence-corrected chi connectivity index (χ0v) is 7.11. The van der Waals surface area contributed by atoms with Crippen LogP contribution in [-0.4, -0.2) is 20.9 Å². The van der Waals surface area contributed by atoms with Gasteiger partial charge in [-0.15, -0.1) is 0 Å². The largest absolute Gasteiger partial charge is 0.345 e. The lowest BCUT2D eigenvalue weighted by Crippen LogP contribution is -2.15. The van der Waals surface area contributed by atoms with Crippen LogP contribution in [0.4, 0.5) is 0 Å². The van der Waals surface area contributed by atoms with Crippen LogP contribution in [0.5, 0.6) is 0 Å². The summed E-state index contributed by atoms with van der Waals surface area (Å²) in [6.45, 7) is 0. The number of rotatable bonds is 0. The average Bonchev–Trinajstić information content (AvgIpc) is 2.54. The van der Waals surface area contributed by atoms with Crippen LogP contribution in [0.2, 0.25) is 0 Å².